The van der Waals surface area contributed by atoms with E-state index in [0.717, 1.165) is 5.69 Å². The molecule has 1 aromatic carbocycles. The maximum atomic E-state index is 9.11. The number of benzene rings is 1. The van der Waals surface area contributed by atoms with Gasteiger partial charge in [-0.1, -0.05) is 6.07 Å². The molecule has 0 fully saturated rings. The first-order valence-corrected chi connectivity index (χ1v) is 5.55. The molecule has 5 heteroatoms. The van der Waals surface area contributed by atoms with Crippen LogP contribution in [0.5, 0.6) is 0 Å². The molecular formula is C14H11N5. The van der Waals surface area contributed by atoms with Crippen molar-refractivity contribution in [2.24, 2.45) is 0 Å². The van der Waals surface area contributed by atoms with E-state index in [-0.39, 0.29) is 0 Å². The van der Waals surface area contributed by atoms with E-state index in [1.807, 2.05) is 6.07 Å². The predicted octanol–water partition coefficient (Wildman–Crippen LogP) is 2.18. The third kappa shape index (κ3) is 2.46. The molecule has 0 unspecified atom stereocenters. The van der Waals surface area contributed by atoms with Gasteiger partial charge in [0, 0.05) is 12.7 Å². The van der Waals surface area contributed by atoms with Gasteiger partial charge >= 0.3 is 0 Å². The fourth-order valence-corrected chi connectivity index (χ4v) is 1.73. The predicted molar refractivity (Wildman–Crippen MR) is 72.6 cm³/mol. The fourth-order valence-electron chi connectivity index (χ4n) is 1.73. The summed E-state index contributed by atoms with van der Waals surface area (Å²) < 4.78 is 0. The maximum absolute atomic E-state index is 9.11. The molecule has 19 heavy (non-hydrogen) atoms. The number of rotatable bonds is 2. The molecule has 2 N–H and O–H groups in total. The van der Waals surface area contributed by atoms with E-state index in [1.54, 1.807) is 36.2 Å². The van der Waals surface area contributed by atoms with Crippen LogP contribution < -0.4 is 10.6 Å². The number of pyridine rings is 1. The average Bonchev–Trinajstić information content (AvgIpc) is 2.46. The van der Waals surface area contributed by atoms with Crippen molar-refractivity contribution in [3.63, 3.8) is 0 Å². The first kappa shape index (κ1) is 12.4. The van der Waals surface area contributed by atoms with Crippen LogP contribution in [0.3, 0.4) is 0 Å². The molecular weight excluding hydrogens is 238 g/mol. The molecule has 0 radical (unpaired) electrons. The van der Waals surface area contributed by atoms with Crippen LogP contribution >= 0.6 is 0 Å². The lowest BCUT2D eigenvalue weighted by Gasteiger charge is -2.19. The first-order valence-electron chi connectivity index (χ1n) is 5.55. The van der Waals surface area contributed by atoms with Crippen LogP contribution in [-0.2, 0) is 0 Å². The van der Waals surface area contributed by atoms with Crippen LogP contribution in [-0.4, -0.2) is 12.0 Å². The SMILES string of the molecule is CN(c1cccc(C#N)c1)c1ncc(N)cc1C#N. The molecule has 0 atom stereocenters. The second-order valence-corrected chi connectivity index (χ2v) is 3.97. The zero-order valence-electron chi connectivity index (χ0n) is 10.3. The van der Waals surface area contributed by atoms with Crippen molar-refractivity contribution in [2.75, 3.05) is 17.7 Å². The second-order valence-electron chi connectivity index (χ2n) is 3.97. The Bertz CT molecular complexity index is 694. The molecule has 0 saturated carbocycles. The van der Waals surface area contributed by atoms with E-state index < -0.39 is 0 Å². The molecule has 0 amide bonds. The van der Waals surface area contributed by atoms with Gasteiger partial charge in [0.1, 0.15) is 6.07 Å². The third-order valence-electron chi connectivity index (χ3n) is 2.69. The van der Waals surface area contributed by atoms with Gasteiger partial charge in [0.15, 0.2) is 5.82 Å². The molecule has 0 aliphatic carbocycles. The monoisotopic (exact) mass is 249 g/mol. The Hall–Kier alpha value is -3.05. The average molecular weight is 249 g/mol. The number of aromatic nitrogens is 1. The maximum Gasteiger partial charge on any atom is 0.150 e. The summed E-state index contributed by atoms with van der Waals surface area (Å²) in [6.45, 7) is 0. The number of nitrogens with two attached hydrogens (primary N) is 1. The Morgan fingerprint density at radius 2 is 2.00 bits per heavy atom. The summed E-state index contributed by atoms with van der Waals surface area (Å²) in [6.07, 6.45) is 1.50. The standard InChI is InChI=1S/C14H11N5/c1-19(13-4-2-3-10(5-13)7-15)14-11(8-16)6-12(17)9-18-14/h2-6,9H,17H2,1H3. The zero-order valence-corrected chi connectivity index (χ0v) is 10.3. The van der Waals surface area contributed by atoms with Gasteiger partial charge in [-0.15, -0.1) is 0 Å². The molecule has 1 aromatic heterocycles. The molecule has 5 nitrogen and oxygen atoms in total. The summed E-state index contributed by atoms with van der Waals surface area (Å²) in [4.78, 5) is 5.93. The topological polar surface area (TPSA) is 89.7 Å². The fraction of sp³-hybridized carbons (Fsp3) is 0.0714. The van der Waals surface area contributed by atoms with Gasteiger partial charge in [0.05, 0.1) is 29.1 Å². The van der Waals surface area contributed by atoms with Crippen molar-refractivity contribution >= 4 is 17.2 Å². The Morgan fingerprint density at radius 1 is 1.21 bits per heavy atom. The van der Waals surface area contributed by atoms with Gasteiger partial charge in [-0.3, -0.25) is 0 Å². The molecule has 2 rings (SSSR count). The molecule has 0 bridgehead atoms. The number of hydrogen-bond acceptors (Lipinski definition) is 5. The summed E-state index contributed by atoms with van der Waals surface area (Å²) in [6, 6.07) is 12.8. The number of hydrogen-bond donors (Lipinski definition) is 1. The van der Waals surface area contributed by atoms with Gasteiger partial charge in [0.25, 0.3) is 0 Å². The summed E-state index contributed by atoms with van der Waals surface area (Å²) >= 11 is 0. The van der Waals surface area contributed by atoms with Crippen molar-refractivity contribution < 1.29 is 0 Å². The quantitative estimate of drug-likeness (QED) is 0.880. The summed E-state index contributed by atoms with van der Waals surface area (Å²) in [5.74, 6) is 0.506. The van der Waals surface area contributed by atoms with Crippen molar-refractivity contribution in [3.05, 3.63) is 47.7 Å². The van der Waals surface area contributed by atoms with Crippen LogP contribution in [0, 0.1) is 22.7 Å². The Kier molecular flexibility index (Phi) is 3.31. The van der Waals surface area contributed by atoms with Crippen LogP contribution in [0.25, 0.3) is 0 Å². The van der Waals surface area contributed by atoms with Gasteiger partial charge in [-0.2, -0.15) is 10.5 Å². The highest BCUT2D eigenvalue weighted by atomic mass is 15.2. The van der Waals surface area contributed by atoms with Crippen molar-refractivity contribution in [3.8, 4) is 12.1 Å². The Balaban J connectivity index is 2.47. The summed E-state index contributed by atoms with van der Waals surface area (Å²) in [5, 5.41) is 18.0. The minimum Gasteiger partial charge on any atom is -0.397 e. The van der Waals surface area contributed by atoms with Crippen molar-refractivity contribution in [1.82, 2.24) is 4.98 Å². The summed E-state index contributed by atoms with van der Waals surface area (Å²) in [5.41, 5.74) is 7.79. The largest absolute Gasteiger partial charge is 0.397 e. The second kappa shape index (κ2) is 5.07. The van der Waals surface area contributed by atoms with Gasteiger partial charge in [0.2, 0.25) is 0 Å². The lowest BCUT2D eigenvalue weighted by atomic mass is 10.2. The lowest BCUT2D eigenvalue weighted by molar-refractivity contribution is 1.12. The molecule has 92 valence electrons. The normalized spacial score (nSPS) is 9.42. The lowest BCUT2D eigenvalue weighted by Crippen LogP contribution is -2.13. The molecule has 0 aliphatic heterocycles. The molecule has 2 aromatic rings. The Labute approximate surface area is 111 Å². The number of nitrogen functional groups attached to an aromatic ring is 1. The van der Waals surface area contributed by atoms with E-state index in [9.17, 15) is 0 Å². The molecule has 0 spiro atoms. The van der Waals surface area contributed by atoms with Crippen molar-refractivity contribution in [2.45, 2.75) is 0 Å². The van der Waals surface area contributed by atoms with E-state index >= 15 is 0 Å². The Morgan fingerprint density at radius 3 is 2.68 bits per heavy atom. The molecule has 0 saturated heterocycles. The van der Waals surface area contributed by atoms with Crippen LogP contribution in [0.15, 0.2) is 36.5 Å². The molecule has 1 heterocycles. The van der Waals surface area contributed by atoms with Gasteiger partial charge in [-0.05, 0) is 24.3 Å². The number of nitrogens with zero attached hydrogens (tertiary/aromatic N) is 4. The van der Waals surface area contributed by atoms with Crippen molar-refractivity contribution in [1.29, 1.82) is 10.5 Å². The van der Waals surface area contributed by atoms with E-state index in [4.69, 9.17) is 16.3 Å². The van der Waals surface area contributed by atoms with Gasteiger partial charge < -0.3 is 10.6 Å². The minimum atomic E-state index is 0.393. The van der Waals surface area contributed by atoms with Crippen LogP contribution in [0.1, 0.15) is 11.1 Å². The third-order valence-corrected chi connectivity index (χ3v) is 2.69. The summed E-state index contributed by atoms with van der Waals surface area (Å²) in [7, 11) is 1.79. The minimum absolute atomic E-state index is 0.393. The highest BCUT2D eigenvalue weighted by Gasteiger charge is 2.11. The number of anilines is 3. The van der Waals surface area contributed by atoms with Crippen LogP contribution in [0.4, 0.5) is 17.2 Å². The van der Waals surface area contributed by atoms with Crippen LogP contribution in [0.2, 0.25) is 0 Å². The van der Waals surface area contributed by atoms with E-state index in [1.165, 1.54) is 6.20 Å². The number of nitriles is 2. The molecule has 0 aliphatic rings. The zero-order chi connectivity index (χ0) is 13.8. The highest BCUT2D eigenvalue weighted by molar-refractivity contribution is 5.67. The van der Waals surface area contributed by atoms with E-state index in [2.05, 4.69) is 17.1 Å². The first-order chi connectivity index (χ1) is 9.15. The van der Waals surface area contributed by atoms with Gasteiger partial charge in [-0.25, -0.2) is 4.98 Å². The van der Waals surface area contributed by atoms with E-state index in [0.29, 0.717) is 22.6 Å². The highest BCUT2D eigenvalue weighted by Crippen LogP contribution is 2.26. The smallest absolute Gasteiger partial charge is 0.150 e.